The number of rotatable bonds is 11. The first kappa shape index (κ1) is 30.8. The number of methoxy groups -OCH3 is 1. The molecule has 8 heteroatoms. The summed E-state index contributed by atoms with van der Waals surface area (Å²) in [6.07, 6.45) is 4.70. The monoisotopic (exact) mass is 593 g/mol. The van der Waals surface area contributed by atoms with Crippen LogP contribution in [0.5, 0.6) is 5.75 Å². The Morgan fingerprint density at radius 3 is 2.30 bits per heavy atom. The highest BCUT2D eigenvalue weighted by atomic mass is 28.4. The van der Waals surface area contributed by atoms with Crippen molar-refractivity contribution in [2.75, 3.05) is 26.8 Å². The summed E-state index contributed by atoms with van der Waals surface area (Å²) in [6.45, 7) is 8.93. The molecular weight excluding hydrogens is 551 g/mol. The standard InChI is InChI=1S/C35H43N5O2Si/c1-35(2,3)43(31-11-7-5-8-12-31,32-13-9-6-10-14-32)42-20-18-26-21-29(38-24-28(26)25-39-40-36)22-27-17-19-37-34-16-15-30(41-4)23-33(27)34/h5-17,19,23,26,28-29,38H,18,20-22,24-25H2,1-4H3/t26-,28+,29-/m0/s1. The van der Waals surface area contributed by atoms with Crippen LogP contribution < -0.4 is 20.4 Å². The van der Waals surface area contributed by atoms with E-state index in [9.17, 15) is 0 Å². The maximum absolute atomic E-state index is 9.10. The van der Waals surface area contributed by atoms with E-state index in [2.05, 4.69) is 114 Å². The summed E-state index contributed by atoms with van der Waals surface area (Å²) in [5, 5.41) is 11.4. The molecule has 1 fully saturated rings. The lowest BCUT2D eigenvalue weighted by Gasteiger charge is -2.44. The van der Waals surface area contributed by atoms with Crippen molar-refractivity contribution in [3.05, 3.63) is 107 Å². The zero-order valence-corrected chi connectivity index (χ0v) is 26.7. The molecule has 3 aromatic carbocycles. The smallest absolute Gasteiger partial charge is 0.261 e. The molecule has 4 aromatic rings. The number of nitrogens with one attached hydrogen (secondary N) is 1. The van der Waals surface area contributed by atoms with Crippen LogP contribution in [0.3, 0.4) is 0 Å². The zero-order valence-electron chi connectivity index (χ0n) is 25.7. The number of pyridine rings is 1. The Morgan fingerprint density at radius 2 is 1.67 bits per heavy atom. The fourth-order valence-electron chi connectivity index (χ4n) is 6.87. The predicted octanol–water partition coefficient (Wildman–Crippen LogP) is 6.66. The Morgan fingerprint density at radius 1 is 0.977 bits per heavy atom. The summed E-state index contributed by atoms with van der Waals surface area (Å²) < 4.78 is 12.8. The number of ether oxygens (including phenoxy) is 1. The van der Waals surface area contributed by atoms with Gasteiger partial charge in [-0.05, 0) is 88.4 Å². The summed E-state index contributed by atoms with van der Waals surface area (Å²) in [5.74, 6) is 1.48. The van der Waals surface area contributed by atoms with Gasteiger partial charge in [0.2, 0.25) is 0 Å². The third-order valence-electron chi connectivity index (χ3n) is 9.03. The molecule has 0 unspecified atom stereocenters. The Labute approximate surface area is 256 Å². The third kappa shape index (κ3) is 6.78. The number of piperidine rings is 1. The van der Waals surface area contributed by atoms with Gasteiger partial charge in [-0.15, -0.1) is 0 Å². The second-order valence-electron chi connectivity index (χ2n) is 12.6. The van der Waals surface area contributed by atoms with Gasteiger partial charge in [0, 0.05) is 35.7 Å². The molecule has 1 N–H and O–H groups in total. The summed E-state index contributed by atoms with van der Waals surface area (Å²) >= 11 is 0. The minimum absolute atomic E-state index is 0.0691. The van der Waals surface area contributed by atoms with Gasteiger partial charge in [-0.1, -0.05) is 86.5 Å². The van der Waals surface area contributed by atoms with Crippen molar-refractivity contribution < 1.29 is 9.16 Å². The topological polar surface area (TPSA) is 92.1 Å². The minimum atomic E-state index is -2.62. The Bertz CT molecular complexity index is 1500. The highest BCUT2D eigenvalue weighted by molar-refractivity contribution is 6.99. The first-order chi connectivity index (χ1) is 20.9. The molecule has 0 bridgehead atoms. The van der Waals surface area contributed by atoms with Crippen molar-refractivity contribution in [3.63, 3.8) is 0 Å². The molecule has 3 atom stereocenters. The van der Waals surface area contributed by atoms with E-state index in [1.54, 1.807) is 7.11 Å². The van der Waals surface area contributed by atoms with Gasteiger partial charge in [0.25, 0.3) is 8.32 Å². The number of fused-ring (bicyclic) bond motifs is 1. The van der Waals surface area contributed by atoms with Gasteiger partial charge in [0.05, 0.1) is 12.6 Å². The number of hydrogen-bond donors (Lipinski definition) is 1. The molecule has 7 nitrogen and oxygen atoms in total. The number of aromatic nitrogens is 1. The highest BCUT2D eigenvalue weighted by Gasteiger charge is 2.50. The average Bonchev–Trinajstić information content (AvgIpc) is 3.03. The molecule has 0 saturated carbocycles. The van der Waals surface area contributed by atoms with Crippen molar-refractivity contribution in [3.8, 4) is 5.75 Å². The number of azide groups is 1. The quantitative estimate of drug-likeness (QED) is 0.0911. The lowest BCUT2D eigenvalue weighted by atomic mass is 9.79. The second kappa shape index (κ2) is 13.7. The fourth-order valence-corrected chi connectivity index (χ4v) is 11.4. The summed E-state index contributed by atoms with van der Waals surface area (Å²) in [4.78, 5) is 7.66. The van der Waals surface area contributed by atoms with Crippen molar-refractivity contribution >= 4 is 29.6 Å². The van der Waals surface area contributed by atoms with Crippen molar-refractivity contribution in [2.24, 2.45) is 17.0 Å². The molecule has 2 heterocycles. The normalized spacial score (nSPS) is 19.1. The molecule has 5 rings (SSSR count). The Hall–Kier alpha value is -3.68. The average molecular weight is 594 g/mol. The van der Waals surface area contributed by atoms with Crippen LogP contribution in [-0.4, -0.2) is 46.1 Å². The largest absolute Gasteiger partial charge is 0.497 e. The van der Waals surface area contributed by atoms with Crippen LogP contribution in [-0.2, 0) is 10.8 Å². The van der Waals surface area contributed by atoms with E-state index in [0.717, 1.165) is 42.5 Å². The molecule has 1 aliphatic heterocycles. The molecule has 0 aliphatic carbocycles. The van der Waals surface area contributed by atoms with Crippen LogP contribution in [0.15, 0.2) is 96.2 Å². The van der Waals surface area contributed by atoms with Gasteiger partial charge in [0.15, 0.2) is 0 Å². The van der Waals surface area contributed by atoms with E-state index in [1.165, 1.54) is 15.9 Å². The van der Waals surface area contributed by atoms with E-state index in [4.69, 9.17) is 14.7 Å². The van der Waals surface area contributed by atoms with E-state index in [0.29, 0.717) is 25.1 Å². The SMILES string of the molecule is COc1ccc2nccc(C[C@@H]3C[C@H](CCO[Si](c4ccccc4)(c4ccccc4)C(C)(C)C)[C@@H](CN=[N+]=[N-])CN3)c2c1. The minimum Gasteiger partial charge on any atom is -0.497 e. The first-order valence-electron chi connectivity index (χ1n) is 15.3. The molecule has 0 radical (unpaired) electrons. The van der Waals surface area contributed by atoms with Gasteiger partial charge in [-0.3, -0.25) is 4.98 Å². The van der Waals surface area contributed by atoms with Gasteiger partial charge in [0.1, 0.15) is 5.75 Å². The van der Waals surface area contributed by atoms with Gasteiger partial charge >= 0.3 is 0 Å². The molecule has 1 aliphatic rings. The van der Waals surface area contributed by atoms with Crippen LogP contribution in [0.2, 0.25) is 5.04 Å². The van der Waals surface area contributed by atoms with Crippen molar-refractivity contribution in [1.82, 2.24) is 10.3 Å². The summed E-state index contributed by atoms with van der Waals surface area (Å²) in [7, 11) is -0.918. The van der Waals surface area contributed by atoms with E-state index in [-0.39, 0.29) is 11.0 Å². The van der Waals surface area contributed by atoms with Gasteiger partial charge < -0.3 is 14.5 Å². The van der Waals surface area contributed by atoms with Crippen LogP contribution in [0.4, 0.5) is 0 Å². The molecular formula is C35H43N5O2Si. The molecule has 43 heavy (non-hydrogen) atoms. The van der Waals surface area contributed by atoms with Gasteiger partial charge in [-0.2, -0.15) is 0 Å². The Balaban J connectivity index is 1.38. The number of nitrogens with zero attached hydrogens (tertiary/aromatic N) is 4. The summed E-state index contributed by atoms with van der Waals surface area (Å²) in [5.41, 5.74) is 11.3. The van der Waals surface area contributed by atoms with E-state index in [1.807, 2.05) is 18.3 Å². The lowest BCUT2D eigenvalue weighted by molar-refractivity contribution is 0.168. The number of hydrogen-bond acceptors (Lipinski definition) is 5. The van der Waals surface area contributed by atoms with Crippen LogP contribution in [0.1, 0.15) is 39.2 Å². The molecule has 1 aromatic heterocycles. The first-order valence-corrected chi connectivity index (χ1v) is 17.2. The molecule has 0 spiro atoms. The van der Waals surface area contributed by atoms with E-state index >= 15 is 0 Å². The van der Waals surface area contributed by atoms with Crippen molar-refractivity contribution in [2.45, 2.75) is 51.1 Å². The second-order valence-corrected chi connectivity index (χ2v) is 16.9. The fraction of sp³-hybridized carbons (Fsp3) is 0.400. The Kier molecular flexibility index (Phi) is 9.83. The summed E-state index contributed by atoms with van der Waals surface area (Å²) in [6, 6.07) is 30.1. The number of benzene rings is 3. The van der Waals surface area contributed by atoms with Crippen molar-refractivity contribution in [1.29, 1.82) is 0 Å². The van der Waals surface area contributed by atoms with E-state index < -0.39 is 8.32 Å². The lowest BCUT2D eigenvalue weighted by Crippen LogP contribution is -2.66. The molecule has 224 valence electrons. The van der Waals surface area contributed by atoms with Crippen LogP contribution >= 0.6 is 0 Å². The van der Waals surface area contributed by atoms with Gasteiger partial charge in [-0.25, -0.2) is 0 Å². The zero-order chi connectivity index (χ0) is 30.3. The molecule has 1 saturated heterocycles. The predicted molar refractivity (Wildman–Crippen MR) is 178 cm³/mol. The molecule has 0 amide bonds. The van der Waals surface area contributed by atoms with Crippen LogP contribution in [0.25, 0.3) is 21.3 Å². The van der Waals surface area contributed by atoms with Crippen LogP contribution in [0, 0.1) is 11.8 Å². The maximum Gasteiger partial charge on any atom is 0.261 e. The maximum atomic E-state index is 9.10. The highest BCUT2D eigenvalue weighted by Crippen LogP contribution is 2.38. The third-order valence-corrected chi connectivity index (χ3v) is 14.1.